The highest BCUT2D eigenvalue weighted by Gasteiger charge is 2.50. The van der Waals surface area contributed by atoms with E-state index in [0.29, 0.717) is 19.0 Å². The predicted molar refractivity (Wildman–Crippen MR) is 44.7 cm³/mol. The van der Waals surface area contributed by atoms with Gasteiger partial charge in [-0.25, -0.2) is 4.39 Å². The number of fused-ring (bicyclic) bond motifs is 1. The fourth-order valence-electron chi connectivity index (χ4n) is 2.76. The largest absolute Gasteiger partial charge is 0.394 e. The molecule has 2 aliphatic rings. The first kappa shape index (κ1) is 8.45. The second kappa shape index (κ2) is 2.67. The molecule has 1 N–H and O–H groups in total. The van der Waals surface area contributed by atoms with Crippen LogP contribution in [0, 0.1) is 0 Å². The minimum absolute atomic E-state index is 0.123. The molecule has 0 aromatic rings. The molecule has 2 nitrogen and oxygen atoms in total. The first-order chi connectivity index (χ1) is 5.68. The number of aliphatic hydroxyl groups excluding tert-OH is 1. The normalized spacial score (nSPS) is 48.2. The summed E-state index contributed by atoms with van der Waals surface area (Å²) in [6.07, 6.45) is 1.88. The minimum atomic E-state index is -0.722. The van der Waals surface area contributed by atoms with E-state index in [1.54, 1.807) is 0 Å². The Morgan fingerprint density at radius 1 is 1.67 bits per heavy atom. The lowest BCUT2D eigenvalue weighted by Crippen LogP contribution is -2.44. The Labute approximate surface area is 72.4 Å². The zero-order chi connectivity index (χ0) is 8.77. The SMILES string of the molecule is CC1CCC2(CO)C[C@@H](F)CN12. The van der Waals surface area contributed by atoms with Crippen molar-refractivity contribution < 1.29 is 9.50 Å². The van der Waals surface area contributed by atoms with Crippen LogP contribution in [0.15, 0.2) is 0 Å². The number of alkyl halides is 1. The Kier molecular flexibility index (Phi) is 1.88. The van der Waals surface area contributed by atoms with E-state index in [-0.39, 0.29) is 12.1 Å². The third kappa shape index (κ3) is 0.995. The first-order valence-corrected chi connectivity index (χ1v) is 4.70. The third-order valence-electron chi connectivity index (χ3n) is 3.46. The molecular formula is C9H16FNO. The Morgan fingerprint density at radius 3 is 3.00 bits per heavy atom. The quantitative estimate of drug-likeness (QED) is 0.638. The van der Waals surface area contributed by atoms with Gasteiger partial charge >= 0.3 is 0 Å². The van der Waals surface area contributed by atoms with Crippen molar-refractivity contribution in [1.82, 2.24) is 4.90 Å². The van der Waals surface area contributed by atoms with E-state index in [9.17, 15) is 9.50 Å². The summed E-state index contributed by atoms with van der Waals surface area (Å²) in [6, 6.07) is 0.456. The lowest BCUT2D eigenvalue weighted by Gasteiger charge is -2.31. The summed E-state index contributed by atoms with van der Waals surface area (Å²) in [7, 11) is 0. The van der Waals surface area contributed by atoms with Crippen LogP contribution in [0.1, 0.15) is 26.2 Å². The average Bonchev–Trinajstić information content (AvgIpc) is 2.51. The Morgan fingerprint density at radius 2 is 2.42 bits per heavy atom. The van der Waals surface area contributed by atoms with Gasteiger partial charge in [0.15, 0.2) is 0 Å². The summed E-state index contributed by atoms with van der Waals surface area (Å²) in [6.45, 7) is 2.77. The Bertz CT molecular complexity index is 187. The third-order valence-corrected chi connectivity index (χ3v) is 3.46. The van der Waals surface area contributed by atoms with Crippen LogP contribution in [0.4, 0.5) is 4.39 Å². The molecular weight excluding hydrogens is 157 g/mol. The zero-order valence-electron chi connectivity index (χ0n) is 7.46. The van der Waals surface area contributed by atoms with Crippen molar-refractivity contribution in [1.29, 1.82) is 0 Å². The molecule has 0 saturated carbocycles. The molecule has 2 unspecified atom stereocenters. The maximum atomic E-state index is 13.1. The molecule has 3 heteroatoms. The van der Waals surface area contributed by atoms with E-state index in [0.717, 1.165) is 12.8 Å². The van der Waals surface area contributed by atoms with Crippen molar-refractivity contribution >= 4 is 0 Å². The summed E-state index contributed by atoms with van der Waals surface area (Å²) >= 11 is 0. The van der Waals surface area contributed by atoms with Crippen molar-refractivity contribution in [3.05, 3.63) is 0 Å². The number of halogens is 1. The molecule has 2 rings (SSSR count). The van der Waals surface area contributed by atoms with Crippen LogP contribution in [0.25, 0.3) is 0 Å². The molecule has 0 amide bonds. The molecule has 12 heavy (non-hydrogen) atoms. The molecule has 0 aromatic heterocycles. The maximum absolute atomic E-state index is 13.1. The average molecular weight is 173 g/mol. The van der Waals surface area contributed by atoms with E-state index < -0.39 is 6.17 Å². The number of nitrogens with zero attached hydrogens (tertiary/aromatic N) is 1. The summed E-state index contributed by atoms with van der Waals surface area (Å²) in [5, 5.41) is 9.25. The standard InChI is InChI=1S/C9H16FNO/c1-7-2-3-9(6-12)4-8(10)5-11(7)9/h7-8,12H,2-6H2,1H3/t7?,8-,9?/m1/s1. The topological polar surface area (TPSA) is 23.5 Å². The van der Waals surface area contributed by atoms with E-state index in [1.807, 2.05) is 0 Å². The van der Waals surface area contributed by atoms with Gasteiger partial charge in [-0.2, -0.15) is 0 Å². The lowest BCUT2D eigenvalue weighted by molar-refractivity contribution is 0.0818. The van der Waals surface area contributed by atoms with Gasteiger partial charge in [-0.3, -0.25) is 4.90 Å². The van der Waals surface area contributed by atoms with Gasteiger partial charge in [0.05, 0.1) is 6.61 Å². The number of hydrogen-bond acceptors (Lipinski definition) is 2. The molecule has 2 fully saturated rings. The molecule has 0 radical (unpaired) electrons. The smallest absolute Gasteiger partial charge is 0.115 e. The van der Waals surface area contributed by atoms with Crippen molar-refractivity contribution in [2.75, 3.05) is 13.2 Å². The summed E-state index contributed by atoms with van der Waals surface area (Å²) < 4.78 is 13.1. The van der Waals surface area contributed by atoms with Gasteiger partial charge in [0.1, 0.15) is 6.17 Å². The Hall–Kier alpha value is -0.150. The minimum Gasteiger partial charge on any atom is -0.394 e. The van der Waals surface area contributed by atoms with Gasteiger partial charge in [0, 0.05) is 24.5 Å². The van der Waals surface area contributed by atoms with Crippen LogP contribution in [0.5, 0.6) is 0 Å². The number of aliphatic hydroxyl groups is 1. The van der Waals surface area contributed by atoms with Crippen LogP contribution < -0.4 is 0 Å². The van der Waals surface area contributed by atoms with Gasteiger partial charge in [0.25, 0.3) is 0 Å². The van der Waals surface area contributed by atoms with Crippen LogP contribution in [0.3, 0.4) is 0 Å². The molecule has 70 valence electrons. The molecule has 2 heterocycles. The summed E-state index contributed by atoms with van der Waals surface area (Å²) in [5.74, 6) is 0. The molecule has 0 bridgehead atoms. The highest BCUT2D eigenvalue weighted by atomic mass is 19.1. The molecule has 2 saturated heterocycles. The van der Waals surface area contributed by atoms with Crippen molar-refractivity contribution in [2.45, 2.75) is 43.9 Å². The number of rotatable bonds is 1. The van der Waals surface area contributed by atoms with Gasteiger partial charge in [-0.05, 0) is 19.8 Å². The van der Waals surface area contributed by atoms with Crippen LogP contribution in [-0.4, -0.2) is 40.9 Å². The molecule has 0 spiro atoms. The van der Waals surface area contributed by atoms with E-state index in [4.69, 9.17) is 0 Å². The van der Waals surface area contributed by atoms with E-state index in [1.165, 1.54) is 0 Å². The molecule has 0 aromatic carbocycles. The second-order valence-corrected chi connectivity index (χ2v) is 4.22. The lowest BCUT2D eigenvalue weighted by atomic mass is 9.95. The highest BCUT2D eigenvalue weighted by molar-refractivity contribution is 5.05. The van der Waals surface area contributed by atoms with Crippen LogP contribution >= 0.6 is 0 Å². The van der Waals surface area contributed by atoms with Crippen LogP contribution in [-0.2, 0) is 0 Å². The first-order valence-electron chi connectivity index (χ1n) is 4.70. The van der Waals surface area contributed by atoms with Crippen molar-refractivity contribution in [3.8, 4) is 0 Å². The van der Waals surface area contributed by atoms with Gasteiger partial charge in [-0.15, -0.1) is 0 Å². The number of hydrogen-bond donors (Lipinski definition) is 1. The predicted octanol–water partition coefficient (Wildman–Crippen LogP) is 0.944. The molecule has 3 atom stereocenters. The van der Waals surface area contributed by atoms with Crippen LogP contribution in [0.2, 0.25) is 0 Å². The Balaban J connectivity index is 2.19. The van der Waals surface area contributed by atoms with E-state index >= 15 is 0 Å². The van der Waals surface area contributed by atoms with Gasteiger partial charge in [-0.1, -0.05) is 0 Å². The van der Waals surface area contributed by atoms with E-state index in [2.05, 4.69) is 11.8 Å². The van der Waals surface area contributed by atoms with Crippen molar-refractivity contribution in [2.24, 2.45) is 0 Å². The zero-order valence-corrected chi connectivity index (χ0v) is 7.46. The maximum Gasteiger partial charge on any atom is 0.115 e. The second-order valence-electron chi connectivity index (χ2n) is 4.22. The van der Waals surface area contributed by atoms with Crippen molar-refractivity contribution in [3.63, 3.8) is 0 Å². The van der Waals surface area contributed by atoms with Gasteiger partial charge < -0.3 is 5.11 Å². The molecule has 0 aliphatic carbocycles. The summed E-state index contributed by atoms with van der Waals surface area (Å²) in [4.78, 5) is 2.15. The molecule has 2 aliphatic heterocycles. The fourth-order valence-corrected chi connectivity index (χ4v) is 2.76. The summed E-state index contributed by atoms with van der Waals surface area (Å²) in [5.41, 5.74) is -0.196. The monoisotopic (exact) mass is 173 g/mol. The highest BCUT2D eigenvalue weighted by Crippen LogP contribution is 2.42. The fraction of sp³-hybridized carbons (Fsp3) is 1.00. The van der Waals surface area contributed by atoms with Gasteiger partial charge in [0.2, 0.25) is 0 Å².